The largest absolute Gasteiger partial charge is 0.387 e. The van der Waals surface area contributed by atoms with Crippen LogP contribution in [0.25, 0.3) is 0 Å². The van der Waals surface area contributed by atoms with Gasteiger partial charge < -0.3 is 9.84 Å². The molecule has 0 saturated carbocycles. The number of ether oxygens (including phenoxy) is 1. The normalized spacial score (nSPS) is 40.8. The number of halogens is 1. The van der Waals surface area contributed by atoms with Crippen molar-refractivity contribution in [3.05, 3.63) is 33.1 Å². The Bertz CT molecular complexity index is 595. The fraction of sp³-hybridized carbons (Fsp3) is 0.636. The van der Waals surface area contributed by atoms with Gasteiger partial charge in [0.1, 0.15) is 6.08 Å². The van der Waals surface area contributed by atoms with Gasteiger partial charge in [0.2, 0.25) is 0 Å². The third-order valence-electron chi connectivity index (χ3n) is 3.04. The number of alkyl halides is 1. The standard InChI is InChI=1S/C11H15FN2O4/c1-3-6-8(16)11(2,12)9(18-6)14-5-4-7(15)13-10(14)17/h4-6,8-9,16H,3H2,1-2H3,(H,13,15,17)/t6-,8?,9-,11-/m1/s1/i8D. The molecular formula is C11H15FN2O4. The SMILES string of the molecule is [2H]C1(O)[C@@H](CC)O[C@@H](n2ccc(=O)[nH]c2=O)[C@]1(C)F. The zero-order valence-electron chi connectivity index (χ0n) is 11.0. The molecule has 1 fully saturated rings. The van der Waals surface area contributed by atoms with E-state index in [9.17, 15) is 19.1 Å². The molecule has 0 amide bonds. The number of rotatable bonds is 2. The molecule has 0 aliphatic carbocycles. The van der Waals surface area contributed by atoms with Crippen LogP contribution in [0.15, 0.2) is 21.9 Å². The first-order valence-corrected chi connectivity index (χ1v) is 5.60. The molecule has 2 rings (SSSR count). The predicted octanol–water partition coefficient (Wildman–Crippen LogP) is -0.0669. The number of nitrogens with one attached hydrogen (secondary N) is 1. The zero-order chi connectivity index (χ0) is 14.4. The van der Waals surface area contributed by atoms with Crippen LogP contribution in [0.1, 0.15) is 27.9 Å². The minimum Gasteiger partial charge on any atom is -0.387 e. The Morgan fingerprint density at radius 3 is 2.89 bits per heavy atom. The lowest BCUT2D eigenvalue weighted by atomic mass is 9.97. The van der Waals surface area contributed by atoms with Crippen LogP contribution < -0.4 is 11.2 Å². The van der Waals surface area contributed by atoms with Crippen LogP contribution in [0, 0.1) is 0 Å². The molecule has 18 heavy (non-hydrogen) atoms. The predicted molar refractivity (Wildman–Crippen MR) is 61.0 cm³/mol. The summed E-state index contributed by atoms with van der Waals surface area (Å²) in [6.45, 7) is 2.64. The van der Waals surface area contributed by atoms with Gasteiger partial charge in [-0.2, -0.15) is 0 Å². The molecule has 0 aromatic carbocycles. The second-order valence-electron chi connectivity index (χ2n) is 4.36. The Morgan fingerprint density at radius 1 is 1.72 bits per heavy atom. The highest BCUT2D eigenvalue weighted by atomic mass is 19.1. The number of aromatic nitrogens is 2. The molecule has 7 heteroatoms. The molecule has 0 radical (unpaired) electrons. The molecule has 2 heterocycles. The number of aliphatic hydroxyl groups is 1. The van der Waals surface area contributed by atoms with Crippen molar-refractivity contribution in [1.82, 2.24) is 9.55 Å². The summed E-state index contributed by atoms with van der Waals surface area (Å²) in [5, 5.41) is 9.94. The monoisotopic (exact) mass is 259 g/mol. The molecule has 1 aliphatic rings. The molecule has 100 valence electrons. The van der Waals surface area contributed by atoms with Crippen LogP contribution in [0.2, 0.25) is 0 Å². The lowest BCUT2D eigenvalue weighted by molar-refractivity contribution is -0.0510. The van der Waals surface area contributed by atoms with Gasteiger partial charge in [0.15, 0.2) is 11.9 Å². The lowest BCUT2D eigenvalue weighted by Gasteiger charge is -2.24. The van der Waals surface area contributed by atoms with Gasteiger partial charge >= 0.3 is 5.69 Å². The van der Waals surface area contributed by atoms with Crippen LogP contribution in [0.3, 0.4) is 0 Å². The maximum absolute atomic E-state index is 14.6. The fourth-order valence-corrected chi connectivity index (χ4v) is 2.02. The summed E-state index contributed by atoms with van der Waals surface area (Å²) in [4.78, 5) is 24.6. The molecule has 4 atom stereocenters. The summed E-state index contributed by atoms with van der Waals surface area (Å²) < 4.78 is 28.5. The van der Waals surface area contributed by atoms with Crippen molar-refractivity contribution in [1.29, 1.82) is 0 Å². The maximum Gasteiger partial charge on any atom is 0.330 e. The van der Waals surface area contributed by atoms with Crippen molar-refractivity contribution >= 4 is 0 Å². The van der Waals surface area contributed by atoms with Crippen LogP contribution in [0.5, 0.6) is 0 Å². The summed E-state index contributed by atoms with van der Waals surface area (Å²) in [5.74, 6) is 0. The lowest BCUT2D eigenvalue weighted by Crippen LogP contribution is -2.43. The Labute approximate surface area is 103 Å². The molecule has 1 aromatic rings. The third-order valence-corrected chi connectivity index (χ3v) is 3.04. The Hall–Kier alpha value is -1.47. The van der Waals surface area contributed by atoms with Crippen LogP contribution >= 0.6 is 0 Å². The van der Waals surface area contributed by atoms with Gasteiger partial charge in [-0.25, -0.2) is 9.18 Å². The van der Waals surface area contributed by atoms with E-state index in [1.54, 1.807) is 6.92 Å². The van der Waals surface area contributed by atoms with Crippen molar-refractivity contribution in [3.63, 3.8) is 0 Å². The van der Waals surface area contributed by atoms with E-state index in [-0.39, 0.29) is 6.42 Å². The first-order chi connectivity index (χ1) is 8.71. The summed E-state index contributed by atoms with van der Waals surface area (Å²) in [5.41, 5.74) is -3.96. The van der Waals surface area contributed by atoms with Gasteiger partial charge in [-0.05, 0) is 13.3 Å². The van der Waals surface area contributed by atoms with E-state index < -0.39 is 35.3 Å². The van der Waals surface area contributed by atoms with E-state index in [2.05, 4.69) is 0 Å². The molecule has 1 unspecified atom stereocenters. The minimum absolute atomic E-state index is 0.216. The zero-order valence-corrected chi connectivity index (χ0v) is 10.0. The van der Waals surface area contributed by atoms with E-state index in [1.807, 2.05) is 4.98 Å². The van der Waals surface area contributed by atoms with E-state index >= 15 is 0 Å². The van der Waals surface area contributed by atoms with Crippen molar-refractivity contribution < 1.29 is 15.6 Å². The molecule has 1 aromatic heterocycles. The van der Waals surface area contributed by atoms with Gasteiger partial charge in [0, 0.05) is 12.3 Å². The van der Waals surface area contributed by atoms with Crippen LogP contribution in [-0.4, -0.2) is 32.5 Å². The van der Waals surface area contributed by atoms with Gasteiger partial charge in [-0.3, -0.25) is 14.3 Å². The fourth-order valence-electron chi connectivity index (χ4n) is 2.02. The van der Waals surface area contributed by atoms with Gasteiger partial charge in [0.25, 0.3) is 5.56 Å². The molecule has 1 aliphatic heterocycles. The van der Waals surface area contributed by atoms with Crippen molar-refractivity contribution in [3.8, 4) is 0 Å². The first kappa shape index (κ1) is 11.6. The molecule has 0 bridgehead atoms. The average Bonchev–Trinajstić information content (AvgIpc) is 2.47. The number of hydrogen-bond donors (Lipinski definition) is 2. The topological polar surface area (TPSA) is 84.3 Å². The molecule has 1 saturated heterocycles. The highest BCUT2D eigenvalue weighted by molar-refractivity contribution is 5.00. The number of nitrogens with zero attached hydrogens (tertiary/aromatic N) is 1. The van der Waals surface area contributed by atoms with Gasteiger partial charge in [0.05, 0.1) is 7.47 Å². The van der Waals surface area contributed by atoms with Crippen molar-refractivity contribution in [2.75, 3.05) is 0 Å². The van der Waals surface area contributed by atoms with Crippen molar-refractivity contribution in [2.45, 2.75) is 44.3 Å². The van der Waals surface area contributed by atoms with Gasteiger partial charge in [-0.1, -0.05) is 6.92 Å². The molecule has 6 nitrogen and oxygen atoms in total. The highest BCUT2D eigenvalue weighted by Gasteiger charge is 2.54. The highest BCUT2D eigenvalue weighted by Crippen LogP contribution is 2.41. The maximum atomic E-state index is 14.6. The van der Waals surface area contributed by atoms with E-state index in [1.165, 1.54) is 0 Å². The first-order valence-electron chi connectivity index (χ1n) is 6.10. The molecule has 2 N–H and O–H groups in total. The molecular weight excluding hydrogens is 243 g/mol. The van der Waals surface area contributed by atoms with Gasteiger partial charge in [-0.15, -0.1) is 0 Å². The van der Waals surface area contributed by atoms with E-state index in [0.717, 1.165) is 23.8 Å². The summed E-state index contributed by atoms with van der Waals surface area (Å²) >= 11 is 0. The average molecular weight is 259 g/mol. The second kappa shape index (κ2) is 4.33. The quantitative estimate of drug-likeness (QED) is 0.779. The number of aromatic amines is 1. The van der Waals surface area contributed by atoms with Crippen LogP contribution in [0.4, 0.5) is 4.39 Å². The van der Waals surface area contributed by atoms with Crippen molar-refractivity contribution in [2.24, 2.45) is 0 Å². The van der Waals surface area contributed by atoms with Crippen LogP contribution in [-0.2, 0) is 4.74 Å². The molecule has 0 spiro atoms. The Balaban J connectivity index is 2.52. The third kappa shape index (κ3) is 1.89. The summed E-state index contributed by atoms with van der Waals surface area (Å²) in [7, 11) is 0. The van der Waals surface area contributed by atoms with E-state index in [0.29, 0.717) is 0 Å². The van der Waals surface area contributed by atoms with E-state index in [4.69, 9.17) is 6.11 Å². The Kier molecular flexibility index (Phi) is 2.79. The number of hydrogen-bond acceptors (Lipinski definition) is 4. The minimum atomic E-state index is -2.49. The summed E-state index contributed by atoms with van der Waals surface area (Å²) in [6.07, 6.45) is -3.70. The number of H-pyrrole nitrogens is 1. The Morgan fingerprint density at radius 2 is 2.39 bits per heavy atom. The smallest absolute Gasteiger partial charge is 0.330 e. The summed E-state index contributed by atoms with van der Waals surface area (Å²) in [6, 6.07) is 1.04. The second-order valence-corrected chi connectivity index (χ2v) is 4.36.